The van der Waals surface area contributed by atoms with Gasteiger partial charge in [0.05, 0.1) is 23.4 Å². The van der Waals surface area contributed by atoms with Crippen molar-refractivity contribution >= 4 is 50.6 Å². The number of allylic oxidation sites excluding steroid dienone is 1. The molecule has 8 heteroatoms. The van der Waals surface area contributed by atoms with Crippen molar-refractivity contribution in [3.63, 3.8) is 0 Å². The van der Waals surface area contributed by atoms with E-state index in [4.69, 9.17) is 21.3 Å². The number of ether oxygens (including phenoxy) is 1. The minimum atomic E-state index is -0.335. The first-order chi connectivity index (χ1) is 17.5. The van der Waals surface area contributed by atoms with Crippen LogP contribution in [0.4, 0.5) is 0 Å². The topological polar surface area (TPSA) is 63.8 Å². The Morgan fingerprint density at radius 3 is 2.75 bits per heavy atom. The fraction of sp³-hybridized carbons (Fsp3) is 0.143. The Kier molecular flexibility index (Phi) is 5.86. The zero-order valence-electron chi connectivity index (χ0n) is 19.2. The molecule has 180 valence electrons. The molecule has 3 aromatic carbocycles. The molecule has 0 fully saturated rings. The molecule has 36 heavy (non-hydrogen) atoms. The number of fused-ring (bicyclic) bond motifs is 3. The number of rotatable bonds is 3. The van der Waals surface area contributed by atoms with Gasteiger partial charge < -0.3 is 9.84 Å². The van der Waals surface area contributed by atoms with Crippen LogP contribution in [-0.2, 0) is 6.42 Å². The third-order valence-electron chi connectivity index (χ3n) is 6.66. The number of hydrogen-bond donors (Lipinski definition) is 1. The van der Waals surface area contributed by atoms with Crippen LogP contribution < -0.4 is 19.6 Å². The van der Waals surface area contributed by atoms with Crippen molar-refractivity contribution in [2.45, 2.75) is 18.9 Å². The van der Waals surface area contributed by atoms with Gasteiger partial charge in [0, 0.05) is 15.1 Å². The van der Waals surface area contributed by atoms with E-state index in [9.17, 15) is 9.90 Å². The second-order valence-corrected chi connectivity index (χ2v) is 11.0. The Labute approximate surface area is 224 Å². The summed E-state index contributed by atoms with van der Waals surface area (Å²) in [6, 6.07) is 19.0. The quantitative estimate of drug-likeness (QED) is 0.351. The number of nitrogens with zero attached hydrogens (tertiary/aromatic N) is 2. The molecule has 0 radical (unpaired) electrons. The highest BCUT2D eigenvalue weighted by Gasteiger charge is 2.33. The zero-order chi connectivity index (χ0) is 25.0. The number of thiazole rings is 1. The Balaban J connectivity index is 1.63. The first-order valence-electron chi connectivity index (χ1n) is 11.4. The van der Waals surface area contributed by atoms with Gasteiger partial charge in [-0.15, -0.1) is 0 Å². The normalized spacial score (nSPS) is 16.8. The van der Waals surface area contributed by atoms with E-state index in [1.807, 2.05) is 30.3 Å². The lowest BCUT2D eigenvalue weighted by Gasteiger charge is -2.31. The molecule has 0 saturated carbocycles. The third-order valence-corrected chi connectivity index (χ3v) is 8.67. The van der Waals surface area contributed by atoms with Gasteiger partial charge >= 0.3 is 0 Å². The maximum Gasteiger partial charge on any atom is 0.271 e. The molecular formula is C28H20BrClN2O3S. The molecule has 0 spiro atoms. The Hall–Kier alpha value is -3.13. The number of phenolic OH excluding ortho intramolecular Hbond substituents is 1. The summed E-state index contributed by atoms with van der Waals surface area (Å²) < 4.78 is 8.23. The lowest BCUT2D eigenvalue weighted by Crippen LogP contribution is -2.38. The minimum Gasteiger partial charge on any atom is -0.504 e. The lowest BCUT2D eigenvalue weighted by atomic mass is 9.83. The Morgan fingerprint density at radius 1 is 1.17 bits per heavy atom. The van der Waals surface area contributed by atoms with Gasteiger partial charge in [0.15, 0.2) is 16.3 Å². The SMILES string of the molecule is COc1cc(C=c2sc3n(c2=O)C(c2ccccc2Cl)C2=C(N=3)c3ccccc3CC2)c(Br)cc1O. The molecule has 1 atom stereocenters. The van der Waals surface area contributed by atoms with E-state index < -0.39 is 0 Å². The monoisotopic (exact) mass is 578 g/mol. The molecule has 2 aliphatic rings. The van der Waals surface area contributed by atoms with Crippen LogP contribution in [-0.4, -0.2) is 16.8 Å². The van der Waals surface area contributed by atoms with Crippen molar-refractivity contribution < 1.29 is 9.84 Å². The average molecular weight is 580 g/mol. The second kappa shape index (κ2) is 9.07. The number of hydrogen-bond acceptors (Lipinski definition) is 5. The summed E-state index contributed by atoms with van der Waals surface area (Å²) in [4.78, 5) is 19.5. The fourth-order valence-electron chi connectivity index (χ4n) is 4.97. The molecule has 1 N–H and O–H groups in total. The van der Waals surface area contributed by atoms with E-state index in [-0.39, 0.29) is 17.4 Å². The molecule has 1 aliphatic heterocycles. The van der Waals surface area contributed by atoms with Crippen molar-refractivity contribution in [1.29, 1.82) is 0 Å². The number of aromatic hydroxyl groups is 1. The molecule has 4 aromatic rings. The highest BCUT2D eigenvalue weighted by Crippen LogP contribution is 2.42. The summed E-state index contributed by atoms with van der Waals surface area (Å²) in [6.45, 7) is 0. The molecule has 1 aliphatic carbocycles. The summed E-state index contributed by atoms with van der Waals surface area (Å²) in [5.74, 6) is 0.353. The molecule has 1 unspecified atom stereocenters. The fourth-order valence-corrected chi connectivity index (χ4v) is 6.65. The summed E-state index contributed by atoms with van der Waals surface area (Å²) in [7, 11) is 1.49. The van der Waals surface area contributed by atoms with Gasteiger partial charge in [-0.1, -0.05) is 81.3 Å². The molecule has 2 heterocycles. The lowest BCUT2D eigenvalue weighted by molar-refractivity contribution is 0.373. The van der Waals surface area contributed by atoms with Crippen LogP contribution in [0.3, 0.4) is 0 Å². The standard InChI is InChI=1S/C28H20BrClN2O3S/c1-35-23-12-16(20(29)14-22(23)33)13-24-27(34)32-26(18-8-4-5-9-21(18)30)19-11-10-15-6-2-3-7-17(15)25(19)31-28(32)36-24/h2-9,12-14,26,33H,10-11H2,1H3. The number of halogens is 2. The highest BCUT2D eigenvalue weighted by molar-refractivity contribution is 9.10. The number of phenols is 1. The smallest absolute Gasteiger partial charge is 0.271 e. The number of aromatic nitrogens is 1. The number of methoxy groups -OCH3 is 1. The first-order valence-corrected chi connectivity index (χ1v) is 13.4. The predicted octanol–water partition coefficient (Wildman–Crippen LogP) is 5.45. The van der Waals surface area contributed by atoms with Crippen LogP contribution in [0.2, 0.25) is 5.02 Å². The van der Waals surface area contributed by atoms with Crippen LogP contribution in [0, 0.1) is 0 Å². The number of aryl methyl sites for hydroxylation is 1. The Bertz CT molecular complexity index is 1760. The molecule has 1 aromatic heterocycles. The van der Waals surface area contributed by atoms with Gasteiger partial charge in [0.2, 0.25) is 0 Å². The largest absolute Gasteiger partial charge is 0.504 e. The average Bonchev–Trinajstić information content (AvgIpc) is 3.19. The van der Waals surface area contributed by atoms with E-state index in [2.05, 4.69) is 34.1 Å². The van der Waals surface area contributed by atoms with Crippen LogP contribution in [0.1, 0.15) is 34.7 Å². The first kappa shape index (κ1) is 23.3. The predicted molar refractivity (Wildman–Crippen MR) is 147 cm³/mol. The summed E-state index contributed by atoms with van der Waals surface area (Å²) in [6.07, 6.45) is 3.49. The van der Waals surface area contributed by atoms with Crippen LogP contribution in [0.25, 0.3) is 11.8 Å². The molecule has 0 bridgehead atoms. The van der Waals surface area contributed by atoms with Crippen LogP contribution >= 0.6 is 38.9 Å². The van der Waals surface area contributed by atoms with E-state index in [1.165, 1.54) is 24.0 Å². The Morgan fingerprint density at radius 2 is 1.94 bits per heavy atom. The van der Waals surface area contributed by atoms with E-state index >= 15 is 0 Å². The highest BCUT2D eigenvalue weighted by atomic mass is 79.9. The van der Waals surface area contributed by atoms with E-state index in [0.29, 0.717) is 24.6 Å². The van der Waals surface area contributed by atoms with Crippen LogP contribution in [0.5, 0.6) is 11.5 Å². The van der Waals surface area contributed by atoms with Gasteiger partial charge in [-0.05, 0) is 59.4 Å². The third kappa shape index (κ3) is 3.74. The second-order valence-electron chi connectivity index (χ2n) is 8.68. The van der Waals surface area contributed by atoms with Gasteiger partial charge in [0.25, 0.3) is 5.56 Å². The molecule has 6 rings (SSSR count). The van der Waals surface area contributed by atoms with Crippen molar-refractivity contribution in [3.05, 3.63) is 118 Å². The van der Waals surface area contributed by atoms with Crippen molar-refractivity contribution in [2.75, 3.05) is 7.11 Å². The maximum absolute atomic E-state index is 13.9. The van der Waals surface area contributed by atoms with Crippen molar-refractivity contribution in [1.82, 2.24) is 4.57 Å². The molecular weight excluding hydrogens is 560 g/mol. The summed E-state index contributed by atoms with van der Waals surface area (Å²) >= 11 is 11.5. The molecule has 0 saturated heterocycles. The van der Waals surface area contributed by atoms with Crippen molar-refractivity contribution in [2.24, 2.45) is 4.99 Å². The van der Waals surface area contributed by atoms with Gasteiger partial charge in [-0.3, -0.25) is 9.36 Å². The molecule has 0 amide bonds. The van der Waals surface area contributed by atoms with Crippen molar-refractivity contribution in [3.8, 4) is 11.5 Å². The van der Waals surface area contributed by atoms with E-state index in [1.54, 1.807) is 22.8 Å². The van der Waals surface area contributed by atoms with Gasteiger partial charge in [0.1, 0.15) is 0 Å². The van der Waals surface area contributed by atoms with Crippen LogP contribution in [0.15, 0.2) is 80.5 Å². The van der Waals surface area contributed by atoms with Gasteiger partial charge in [-0.2, -0.15) is 0 Å². The minimum absolute atomic E-state index is 0.0213. The summed E-state index contributed by atoms with van der Waals surface area (Å²) in [5, 5.41) is 10.7. The zero-order valence-corrected chi connectivity index (χ0v) is 22.3. The maximum atomic E-state index is 13.9. The molecule has 5 nitrogen and oxygen atoms in total. The van der Waals surface area contributed by atoms with Gasteiger partial charge in [-0.25, -0.2) is 4.99 Å². The summed E-state index contributed by atoms with van der Waals surface area (Å²) in [5.41, 5.74) is 5.89. The van der Waals surface area contributed by atoms with E-state index in [0.717, 1.165) is 40.8 Å². The number of benzene rings is 3.